The molecule has 71 heavy (non-hydrogen) atoms. The van der Waals surface area contributed by atoms with Gasteiger partial charge in [0, 0.05) is 19.3 Å². The monoisotopic (exact) mass is 989 g/mol. The van der Waals surface area contributed by atoms with E-state index in [1.807, 2.05) is 6.08 Å². The lowest BCUT2D eigenvalue weighted by Gasteiger charge is -2.18. The molecular weight excluding hydrogens is 877 g/mol. The van der Waals surface area contributed by atoms with E-state index >= 15 is 0 Å². The quantitative estimate of drug-likeness (QED) is 0.0261. The van der Waals surface area contributed by atoms with Crippen molar-refractivity contribution >= 4 is 17.9 Å². The van der Waals surface area contributed by atoms with Crippen LogP contribution in [0.15, 0.2) is 85.1 Å². The number of hydrogen-bond donors (Lipinski definition) is 0. The minimum Gasteiger partial charge on any atom is -0.462 e. The maximum atomic E-state index is 12.9. The molecule has 0 saturated carbocycles. The molecule has 0 aliphatic rings. The summed E-state index contributed by atoms with van der Waals surface area (Å²) in [5, 5.41) is 0. The first-order valence-corrected chi connectivity index (χ1v) is 30.1. The maximum Gasteiger partial charge on any atom is 0.306 e. The number of ether oxygens (including phenoxy) is 3. The highest BCUT2D eigenvalue weighted by atomic mass is 16.6. The predicted molar refractivity (Wildman–Crippen MR) is 307 cm³/mol. The highest BCUT2D eigenvalue weighted by Gasteiger charge is 2.19. The van der Waals surface area contributed by atoms with Crippen molar-refractivity contribution in [1.29, 1.82) is 0 Å². The van der Waals surface area contributed by atoms with Gasteiger partial charge in [-0.1, -0.05) is 273 Å². The first-order chi connectivity index (χ1) is 35.0. The van der Waals surface area contributed by atoms with Gasteiger partial charge in [-0.3, -0.25) is 14.4 Å². The Bertz CT molecular complexity index is 1370. The Labute approximate surface area is 439 Å². The van der Waals surface area contributed by atoms with Gasteiger partial charge < -0.3 is 14.2 Å². The van der Waals surface area contributed by atoms with Gasteiger partial charge in [0.15, 0.2) is 6.10 Å². The molecule has 6 nitrogen and oxygen atoms in total. The second-order valence-corrected chi connectivity index (χ2v) is 19.9. The summed E-state index contributed by atoms with van der Waals surface area (Å²) in [7, 11) is 0. The van der Waals surface area contributed by atoms with E-state index in [0.717, 1.165) is 89.9 Å². The van der Waals surface area contributed by atoms with Crippen LogP contribution >= 0.6 is 0 Å². The molecule has 0 aromatic carbocycles. The van der Waals surface area contributed by atoms with E-state index in [1.54, 1.807) is 0 Å². The zero-order valence-corrected chi connectivity index (χ0v) is 46.7. The largest absolute Gasteiger partial charge is 0.462 e. The second-order valence-electron chi connectivity index (χ2n) is 19.9. The number of rotatable bonds is 54. The first-order valence-electron chi connectivity index (χ1n) is 30.1. The van der Waals surface area contributed by atoms with Crippen LogP contribution in [0.5, 0.6) is 0 Å². The van der Waals surface area contributed by atoms with E-state index in [1.165, 1.54) is 154 Å². The van der Waals surface area contributed by atoms with Gasteiger partial charge in [0.1, 0.15) is 13.2 Å². The SMILES string of the molecule is CC/C=C\C/C=C\C/C=C\C/C=C\C/C=C\C/C=C\CCC(=O)OCC(COC(=O)CCCCCCCCCCCCCCCCCC)OC(=O)CCCCCCC/C=C\CCCCCCCCCCC. The minimum absolute atomic E-state index is 0.101. The van der Waals surface area contributed by atoms with Crippen molar-refractivity contribution < 1.29 is 28.6 Å². The van der Waals surface area contributed by atoms with Crippen LogP contribution < -0.4 is 0 Å². The summed E-state index contributed by atoms with van der Waals surface area (Å²) in [4.78, 5) is 38.2. The average Bonchev–Trinajstić information content (AvgIpc) is 3.37. The molecule has 0 aromatic rings. The molecule has 408 valence electrons. The highest BCUT2D eigenvalue weighted by molar-refractivity contribution is 5.71. The molecule has 0 N–H and O–H groups in total. The van der Waals surface area contributed by atoms with Gasteiger partial charge in [0.25, 0.3) is 0 Å². The summed E-state index contributed by atoms with van der Waals surface area (Å²) in [6.45, 7) is 6.48. The Kier molecular flexibility index (Phi) is 56.3. The summed E-state index contributed by atoms with van der Waals surface area (Å²) in [6.07, 6.45) is 77.3. The molecule has 0 rings (SSSR count). The summed E-state index contributed by atoms with van der Waals surface area (Å²) >= 11 is 0. The van der Waals surface area contributed by atoms with Gasteiger partial charge in [-0.05, 0) is 83.5 Å². The summed E-state index contributed by atoms with van der Waals surface area (Å²) in [5.74, 6) is -0.987. The first kappa shape index (κ1) is 67.6. The van der Waals surface area contributed by atoms with Crippen molar-refractivity contribution in [2.45, 2.75) is 297 Å². The molecule has 1 unspecified atom stereocenters. The number of carbonyl (C=O) groups is 3. The van der Waals surface area contributed by atoms with Crippen LogP contribution in [-0.2, 0) is 28.6 Å². The van der Waals surface area contributed by atoms with E-state index in [9.17, 15) is 14.4 Å². The standard InChI is InChI=1S/C65H112O6/c1-4-7-10-13-16-19-22-25-28-31-33-35-37-40-43-46-49-52-55-58-64(67)70-61-62(60-69-63(66)57-54-51-48-45-42-39-36-30-27-24-21-18-15-12-9-6-3)71-65(68)59-56-53-50-47-44-41-38-34-32-29-26-23-20-17-14-11-8-5-2/h7,10,16,19,25,28,33-35,38,40,43,49,52,62H,4-6,8-9,11-15,17-18,20-24,26-27,29-32,36-37,39,41-42,44-48,50-51,53-61H2,1-3H3/b10-7-,19-16-,28-25-,35-33-,38-34-,43-40-,52-49-. The fourth-order valence-corrected chi connectivity index (χ4v) is 8.41. The fourth-order valence-electron chi connectivity index (χ4n) is 8.41. The molecule has 0 heterocycles. The molecular formula is C65H112O6. The van der Waals surface area contributed by atoms with Gasteiger partial charge in [0.2, 0.25) is 0 Å². The van der Waals surface area contributed by atoms with Crippen LogP contribution in [0.2, 0.25) is 0 Å². The Morgan fingerprint density at radius 3 is 0.944 bits per heavy atom. The van der Waals surface area contributed by atoms with Gasteiger partial charge in [0.05, 0.1) is 0 Å². The normalized spacial score (nSPS) is 12.7. The Hall–Kier alpha value is -3.41. The van der Waals surface area contributed by atoms with Gasteiger partial charge in [-0.15, -0.1) is 0 Å². The third-order valence-corrected chi connectivity index (χ3v) is 12.9. The van der Waals surface area contributed by atoms with Crippen LogP contribution in [0, 0.1) is 0 Å². The van der Waals surface area contributed by atoms with Crippen LogP contribution in [0.1, 0.15) is 290 Å². The van der Waals surface area contributed by atoms with Crippen molar-refractivity contribution in [3.8, 4) is 0 Å². The predicted octanol–water partition coefficient (Wildman–Crippen LogP) is 20.3. The molecule has 0 radical (unpaired) electrons. The van der Waals surface area contributed by atoms with Crippen molar-refractivity contribution in [3.05, 3.63) is 85.1 Å². The molecule has 0 aliphatic heterocycles. The molecule has 0 bridgehead atoms. The molecule has 0 amide bonds. The van der Waals surface area contributed by atoms with Crippen LogP contribution in [0.4, 0.5) is 0 Å². The van der Waals surface area contributed by atoms with Crippen molar-refractivity contribution in [3.63, 3.8) is 0 Å². The molecule has 6 heteroatoms. The van der Waals surface area contributed by atoms with Crippen molar-refractivity contribution in [1.82, 2.24) is 0 Å². The summed E-state index contributed by atoms with van der Waals surface area (Å²) in [5.41, 5.74) is 0. The van der Waals surface area contributed by atoms with Crippen LogP contribution in [0.25, 0.3) is 0 Å². The zero-order chi connectivity index (χ0) is 51.4. The number of allylic oxidation sites excluding steroid dienone is 14. The van der Waals surface area contributed by atoms with Gasteiger partial charge in [-0.25, -0.2) is 0 Å². The summed E-state index contributed by atoms with van der Waals surface area (Å²) in [6, 6.07) is 0. The van der Waals surface area contributed by atoms with E-state index in [4.69, 9.17) is 14.2 Å². The number of unbranched alkanes of at least 4 members (excludes halogenated alkanes) is 29. The average molecular weight is 990 g/mol. The molecule has 0 spiro atoms. The van der Waals surface area contributed by atoms with Crippen LogP contribution in [0.3, 0.4) is 0 Å². The molecule has 1 atom stereocenters. The maximum absolute atomic E-state index is 12.9. The van der Waals surface area contributed by atoms with Gasteiger partial charge in [-0.2, -0.15) is 0 Å². The van der Waals surface area contributed by atoms with Gasteiger partial charge >= 0.3 is 17.9 Å². The smallest absolute Gasteiger partial charge is 0.306 e. The number of carbonyl (C=O) groups excluding carboxylic acids is 3. The summed E-state index contributed by atoms with van der Waals surface area (Å²) < 4.78 is 16.8. The Morgan fingerprint density at radius 1 is 0.296 bits per heavy atom. The third kappa shape index (κ3) is 57.4. The Balaban J connectivity index is 4.49. The third-order valence-electron chi connectivity index (χ3n) is 12.9. The highest BCUT2D eigenvalue weighted by Crippen LogP contribution is 2.16. The molecule has 0 saturated heterocycles. The molecule has 0 aromatic heterocycles. The minimum atomic E-state index is -0.811. The van der Waals surface area contributed by atoms with Crippen molar-refractivity contribution in [2.24, 2.45) is 0 Å². The molecule has 0 aliphatic carbocycles. The number of esters is 3. The second kappa shape index (κ2) is 59.2. The Morgan fingerprint density at radius 2 is 0.577 bits per heavy atom. The lowest BCUT2D eigenvalue weighted by molar-refractivity contribution is -0.166. The van der Waals surface area contributed by atoms with E-state index < -0.39 is 6.10 Å². The van der Waals surface area contributed by atoms with E-state index in [2.05, 4.69) is 99.8 Å². The van der Waals surface area contributed by atoms with E-state index in [-0.39, 0.29) is 37.5 Å². The fraction of sp³-hybridized carbons (Fsp3) is 0.738. The zero-order valence-electron chi connectivity index (χ0n) is 46.7. The van der Waals surface area contributed by atoms with Crippen LogP contribution in [-0.4, -0.2) is 37.2 Å². The number of hydrogen-bond acceptors (Lipinski definition) is 6. The van der Waals surface area contributed by atoms with Crippen molar-refractivity contribution in [2.75, 3.05) is 13.2 Å². The lowest BCUT2D eigenvalue weighted by atomic mass is 10.0. The molecule has 0 fully saturated rings. The topological polar surface area (TPSA) is 78.9 Å². The lowest BCUT2D eigenvalue weighted by Crippen LogP contribution is -2.30. The van der Waals surface area contributed by atoms with E-state index in [0.29, 0.717) is 19.3 Å².